The number of nitrogen functional groups attached to an aromatic ring is 1. The van der Waals surface area contributed by atoms with Gasteiger partial charge in [-0.25, -0.2) is 4.79 Å². The van der Waals surface area contributed by atoms with Gasteiger partial charge in [0.25, 0.3) is 5.56 Å². The topological polar surface area (TPSA) is 99.1 Å². The standard InChI is InChI=1S/C18H22N4O3S/c1-3-9-21-15(19)13(17(24)22(10-4-2)18(21)25)14-16(23)20-11-7-5-6-8-12(11)26-14/h5-8,14H,3-4,9-10,19H2,1-2H3,(H,20,23). The Bertz CT molecular complexity index is 964. The van der Waals surface area contributed by atoms with E-state index in [4.69, 9.17) is 5.73 Å². The lowest BCUT2D eigenvalue weighted by molar-refractivity contribution is -0.115. The fourth-order valence-electron chi connectivity index (χ4n) is 3.08. The maximum absolute atomic E-state index is 13.0. The fourth-order valence-corrected chi connectivity index (χ4v) is 4.25. The third-order valence-corrected chi connectivity index (χ3v) is 5.58. The molecule has 2 aromatic rings. The molecule has 0 saturated heterocycles. The Kier molecular flexibility index (Phi) is 5.22. The molecule has 0 bridgehead atoms. The van der Waals surface area contributed by atoms with Crippen LogP contribution in [0.3, 0.4) is 0 Å². The second-order valence-electron chi connectivity index (χ2n) is 6.17. The smallest absolute Gasteiger partial charge is 0.332 e. The minimum absolute atomic E-state index is 0.0845. The molecule has 1 unspecified atom stereocenters. The number of hydrogen-bond acceptors (Lipinski definition) is 5. The van der Waals surface area contributed by atoms with Gasteiger partial charge in [-0.15, -0.1) is 11.8 Å². The molecule has 1 aliphatic rings. The number of carbonyl (C=O) groups excluding carboxylic acids is 1. The molecule has 1 aliphatic heterocycles. The average Bonchev–Trinajstić information content (AvgIpc) is 2.63. The van der Waals surface area contributed by atoms with E-state index in [9.17, 15) is 14.4 Å². The van der Waals surface area contributed by atoms with Crippen molar-refractivity contribution in [3.63, 3.8) is 0 Å². The quantitative estimate of drug-likeness (QED) is 0.836. The molecule has 0 radical (unpaired) electrons. The highest BCUT2D eigenvalue weighted by Crippen LogP contribution is 2.43. The number of rotatable bonds is 5. The third kappa shape index (κ3) is 3.05. The van der Waals surface area contributed by atoms with Gasteiger partial charge in [-0.2, -0.15) is 0 Å². The van der Waals surface area contributed by atoms with Crippen LogP contribution in [0.25, 0.3) is 0 Å². The molecule has 8 heteroatoms. The van der Waals surface area contributed by atoms with Crippen molar-refractivity contribution in [1.82, 2.24) is 9.13 Å². The van der Waals surface area contributed by atoms with Gasteiger partial charge in [0.15, 0.2) is 0 Å². The molecule has 7 nitrogen and oxygen atoms in total. The highest BCUT2D eigenvalue weighted by atomic mass is 32.2. The van der Waals surface area contributed by atoms with Crippen LogP contribution < -0.4 is 22.3 Å². The summed E-state index contributed by atoms with van der Waals surface area (Å²) in [6.45, 7) is 4.52. The average molecular weight is 374 g/mol. The summed E-state index contributed by atoms with van der Waals surface area (Å²) in [5.74, 6) is -0.219. The lowest BCUT2D eigenvalue weighted by atomic mass is 10.1. The number of nitrogens with two attached hydrogens (primary N) is 1. The van der Waals surface area contributed by atoms with Gasteiger partial charge in [0.2, 0.25) is 5.91 Å². The number of hydrogen-bond donors (Lipinski definition) is 2. The first-order valence-corrected chi connectivity index (χ1v) is 9.57. The molecule has 138 valence electrons. The van der Waals surface area contributed by atoms with Crippen molar-refractivity contribution in [1.29, 1.82) is 0 Å². The highest BCUT2D eigenvalue weighted by Gasteiger charge is 2.34. The molecule has 0 saturated carbocycles. The van der Waals surface area contributed by atoms with Crippen LogP contribution in [-0.2, 0) is 17.9 Å². The predicted molar refractivity (Wildman–Crippen MR) is 104 cm³/mol. The minimum atomic E-state index is -0.788. The summed E-state index contributed by atoms with van der Waals surface area (Å²) < 4.78 is 2.59. The molecular weight excluding hydrogens is 352 g/mol. The van der Waals surface area contributed by atoms with Gasteiger partial charge >= 0.3 is 5.69 Å². The van der Waals surface area contributed by atoms with Gasteiger partial charge in [-0.3, -0.25) is 18.7 Å². The molecule has 0 spiro atoms. The maximum Gasteiger partial charge on any atom is 0.332 e. The molecular formula is C18H22N4O3S. The Labute approximate surface area is 155 Å². The SMILES string of the molecule is CCCn1c(N)c(C2Sc3ccccc3NC2=O)c(=O)n(CCC)c1=O. The van der Waals surface area contributed by atoms with Crippen LogP contribution in [0.5, 0.6) is 0 Å². The molecule has 0 fully saturated rings. The van der Waals surface area contributed by atoms with Gasteiger partial charge in [0.05, 0.1) is 11.3 Å². The first-order chi connectivity index (χ1) is 12.5. The van der Waals surface area contributed by atoms with E-state index in [-0.39, 0.29) is 17.3 Å². The van der Waals surface area contributed by atoms with Crippen LogP contribution in [0.4, 0.5) is 11.5 Å². The van der Waals surface area contributed by atoms with E-state index in [0.29, 0.717) is 31.6 Å². The zero-order chi connectivity index (χ0) is 18.8. The lowest BCUT2D eigenvalue weighted by Gasteiger charge is -2.26. The van der Waals surface area contributed by atoms with E-state index >= 15 is 0 Å². The zero-order valence-electron chi connectivity index (χ0n) is 14.8. The largest absolute Gasteiger partial charge is 0.385 e. The summed E-state index contributed by atoms with van der Waals surface area (Å²) in [7, 11) is 0. The maximum atomic E-state index is 13.0. The minimum Gasteiger partial charge on any atom is -0.385 e. The van der Waals surface area contributed by atoms with Crippen molar-refractivity contribution in [2.24, 2.45) is 0 Å². The summed E-state index contributed by atoms with van der Waals surface area (Å²) in [5, 5.41) is 2.04. The van der Waals surface area contributed by atoms with E-state index in [1.807, 2.05) is 38.1 Å². The van der Waals surface area contributed by atoms with Crippen LogP contribution in [-0.4, -0.2) is 15.0 Å². The Morgan fingerprint density at radius 1 is 1.08 bits per heavy atom. The van der Waals surface area contributed by atoms with Gasteiger partial charge in [-0.05, 0) is 25.0 Å². The van der Waals surface area contributed by atoms with Crippen molar-refractivity contribution < 1.29 is 4.79 Å². The highest BCUT2D eigenvalue weighted by molar-refractivity contribution is 8.00. The van der Waals surface area contributed by atoms with Crippen LogP contribution in [0, 0.1) is 0 Å². The number of carbonyl (C=O) groups is 1. The predicted octanol–water partition coefficient (Wildman–Crippen LogP) is 2.20. The summed E-state index contributed by atoms with van der Waals surface area (Å²) >= 11 is 1.29. The van der Waals surface area contributed by atoms with E-state index in [2.05, 4.69) is 5.32 Å². The van der Waals surface area contributed by atoms with Crippen molar-refractivity contribution in [2.75, 3.05) is 11.1 Å². The first kappa shape index (κ1) is 18.3. The molecule has 1 aromatic carbocycles. The third-order valence-electron chi connectivity index (χ3n) is 4.29. The summed E-state index contributed by atoms with van der Waals surface area (Å²) in [6, 6.07) is 7.41. The summed E-state index contributed by atoms with van der Waals surface area (Å²) in [6.07, 6.45) is 1.33. The number of benzene rings is 1. The Morgan fingerprint density at radius 3 is 2.42 bits per heavy atom. The molecule has 1 atom stereocenters. The van der Waals surface area contributed by atoms with Crippen LogP contribution in [0.1, 0.15) is 37.5 Å². The molecule has 1 aromatic heterocycles. The number of aromatic nitrogens is 2. The normalized spacial score (nSPS) is 16.2. The van der Waals surface area contributed by atoms with Crippen molar-refractivity contribution in [2.45, 2.75) is 49.9 Å². The van der Waals surface area contributed by atoms with Crippen molar-refractivity contribution >= 4 is 29.2 Å². The zero-order valence-corrected chi connectivity index (χ0v) is 15.6. The van der Waals surface area contributed by atoms with Gasteiger partial charge < -0.3 is 11.1 Å². The van der Waals surface area contributed by atoms with Gasteiger partial charge in [-0.1, -0.05) is 26.0 Å². The number of fused-ring (bicyclic) bond motifs is 1. The first-order valence-electron chi connectivity index (χ1n) is 8.69. The summed E-state index contributed by atoms with van der Waals surface area (Å²) in [4.78, 5) is 39.2. The molecule has 3 rings (SSSR count). The second kappa shape index (κ2) is 7.41. The van der Waals surface area contributed by atoms with E-state index in [1.54, 1.807) is 0 Å². The number of thioether (sulfide) groups is 1. The van der Waals surface area contributed by atoms with Crippen molar-refractivity contribution in [3.8, 4) is 0 Å². The van der Waals surface area contributed by atoms with E-state index in [1.165, 1.54) is 20.9 Å². The van der Waals surface area contributed by atoms with Crippen molar-refractivity contribution in [3.05, 3.63) is 50.7 Å². The Morgan fingerprint density at radius 2 is 1.73 bits per heavy atom. The molecule has 2 heterocycles. The van der Waals surface area contributed by atoms with Gasteiger partial charge in [0, 0.05) is 18.0 Å². The van der Waals surface area contributed by atoms with Gasteiger partial charge in [0.1, 0.15) is 11.1 Å². The van der Waals surface area contributed by atoms with Crippen LogP contribution in [0.15, 0.2) is 38.8 Å². The lowest BCUT2D eigenvalue weighted by Crippen LogP contribution is -2.44. The summed E-state index contributed by atoms with van der Waals surface area (Å²) in [5.41, 5.74) is 6.21. The second-order valence-corrected chi connectivity index (χ2v) is 7.32. The molecule has 26 heavy (non-hydrogen) atoms. The molecule has 0 aliphatic carbocycles. The van der Waals surface area contributed by atoms with E-state index < -0.39 is 16.5 Å². The fraction of sp³-hybridized carbons (Fsp3) is 0.389. The van der Waals surface area contributed by atoms with E-state index in [0.717, 1.165) is 4.90 Å². The number of nitrogens with one attached hydrogen (secondary N) is 1. The van der Waals surface area contributed by atoms with Crippen LogP contribution in [0.2, 0.25) is 0 Å². The monoisotopic (exact) mass is 374 g/mol. The number of nitrogens with zero attached hydrogens (tertiary/aromatic N) is 2. The number of anilines is 2. The Balaban J connectivity index is 2.20. The Hall–Kier alpha value is -2.48. The molecule has 1 amide bonds. The van der Waals surface area contributed by atoms with Crippen LogP contribution >= 0.6 is 11.8 Å². The molecule has 3 N–H and O–H groups in total. The number of para-hydroxylation sites is 1. The number of amides is 1.